The molecular weight excluding hydrogens is 208 g/mol. The average Bonchev–Trinajstić information content (AvgIpc) is 2.26. The highest BCUT2D eigenvalue weighted by Gasteiger charge is 2.19. The lowest BCUT2D eigenvalue weighted by molar-refractivity contribution is 0.236. The zero-order valence-electron chi connectivity index (χ0n) is 11.2. The van der Waals surface area contributed by atoms with Gasteiger partial charge in [0.1, 0.15) is 0 Å². The number of rotatable bonds is 2. The van der Waals surface area contributed by atoms with Crippen LogP contribution in [-0.4, -0.2) is 11.7 Å². The van der Waals surface area contributed by atoms with Crippen LogP contribution in [-0.2, 0) is 12.8 Å². The Kier molecular flexibility index (Phi) is 3.58. The molecule has 1 aromatic carbocycles. The van der Waals surface area contributed by atoms with Gasteiger partial charge in [-0.25, -0.2) is 0 Å². The van der Waals surface area contributed by atoms with Gasteiger partial charge in [-0.3, -0.25) is 0 Å². The van der Waals surface area contributed by atoms with Gasteiger partial charge >= 0.3 is 0 Å². The number of aliphatic hydroxyl groups is 1. The fourth-order valence-corrected chi connectivity index (χ4v) is 2.57. The van der Waals surface area contributed by atoms with Crippen molar-refractivity contribution in [2.75, 3.05) is 6.61 Å². The smallest absolute Gasteiger partial charge is 0.0465 e. The van der Waals surface area contributed by atoms with E-state index in [1.165, 1.54) is 16.7 Å². The van der Waals surface area contributed by atoms with E-state index < -0.39 is 0 Å². The van der Waals surface area contributed by atoms with E-state index in [0.717, 1.165) is 19.3 Å². The summed E-state index contributed by atoms with van der Waals surface area (Å²) in [5.41, 5.74) is 4.52. The summed E-state index contributed by atoms with van der Waals surface area (Å²) in [4.78, 5) is 0. The largest absolute Gasteiger partial charge is 0.396 e. The molecule has 1 aliphatic rings. The van der Waals surface area contributed by atoms with E-state index in [1.807, 2.05) is 0 Å². The van der Waals surface area contributed by atoms with Crippen molar-refractivity contribution in [1.82, 2.24) is 0 Å². The van der Waals surface area contributed by atoms with E-state index in [1.54, 1.807) is 0 Å². The average molecular weight is 231 g/mol. The Morgan fingerprint density at radius 2 is 2.06 bits per heavy atom. The number of hydrogen-bond donors (Lipinski definition) is 1. The first-order chi connectivity index (χ1) is 7.98. The van der Waals surface area contributed by atoms with Gasteiger partial charge < -0.3 is 5.11 Å². The van der Waals surface area contributed by atoms with Gasteiger partial charge in [0.25, 0.3) is 0 Å². The maximum Gasteiger partial charge on any atom is 0.0465 e. The Morgan fingerprint density at radius 1 is 1.29 bits per heavy atom. The Bertz CT molecular complexity index is 387. The molecule has 1 unspecified atom stereocenters. The maximum atomic E-state index is 9.24. The molecule has 1 heteroatoms. The highest BCUT2D eigenvalue weighted by molar-refractivity contribution is 5.39. The molecular formula is C16H23O. The van der Waals surface area contributed by atoms with Crippen LogP contribution in [0.1, 0.15) is 43.9 Å². The normalized spacial score (nSPS) is 20.1. The van der Waals surface area contributed by atoms with Crippen LogP contribution in [0, 0.1) is 17.8 Å². The van der Waals surface area contributed by atoms with Gasteiger partial charge in [-0.15, -0.1) is 0 Å². The van der Waals surface area contributed by atoms with Gasteiger partial charge in [0.05, 0.1) is 0 Å². The van der Waals surface area contributed by atoms with E-state index in [9.17, 15) is 5.11 Å². The summed E-state index contributed by atoms with van der Waals surface area (Å²) in [6.07, 6.45) is 5.54. The molecule has 0 spiro atoms. The number of benzene rings is 1. The summed E-state index contributed by atoms with van der Waals surface area (Å²) in [6.45, 7) is 7.09. The highest BCUT2D eigenvalue weighted by Crippen LogP contribution is 2.29. The Morgan fingerprint density at radius 3 is 2.71 bits per heavy atom. The van der Waals surface area contributed by atoms with Crippen molar-refractivity contribution in [1.29, 1.82) is 0 Å². The molecule has 1 aromatic rings. The first-order valence-corrected chi connectivity index (χ1v) is 6.55. The van der Waals surface area contributed by atoms with Crippen LogP contribution in [0.15, 0.2) is 18.2 Å². The van der Waals surface area contributed by atoms with Gasteiger partial charge in [-0.05, 0) is 53.7 Å². The zero-order valence-corrected chi connectivity index (χ0v) is 11.2. The minimum absolute atomic E-state index is 0.281. The van der Waals surface area contributed by atoms with E-state index >= 15 is 0 Å². The molecule has 1 nitrogen and oxygen atoms in total. The predicted octanol–water partition coefficient (Wildman–Crippen LogP) is 3.38. The summed E-state index contributed by atoms with van der Waals surface area (Å²) in [5, 5.41) is 9.24. The summed E-state index contributed by atoms with van der Waals surface area (Å²) < 4.78 is 0. The molecule has 93 valence electrons. The molecule has 1 N–H and O–H groups in total. The van der Waals surface area contributed by atoms with E-state index in [0.29, 0.717) is 11.3 Å². The van der Waals surface area contributed by atoms with Crippen LogP contribution in [0.2, 0.25) is 0 Å². The van der Waals surface area contributed by atoms with Crippen molar-refractivity contribution >= 4 is 0 Å². The molecule has 1 aliphatic carbocycles. The Hall–Kier alpha value is -0.820. The van der Waals surface area contributed by atoms with Crippen LogP contribution in [0.5, 0.6) is 0 Å². The number of hydrogen-bond acceptors (Lipinski definition) is 1. The molecule has 0 aliphatic heterocycles. The van der Waals surface area contributed by atoms with Crippen molar-refractivity contribution in [2.45, 2.75) is 40.0 Å². The van der Waals surface area contributed by atoms with Gasteiger partial charge in [0, 0.05) is 6.61 Å². The Balaban J connectivity index is 2.18. The van der Waals surface area contributed by atoms with Gasteiger partial charge in [-0.2, -0.15) is 0 Å². The van der Waals surface area contributed by atoms with Crippen LogP contribution in [0.25, 0.3) is 0 Å². The van der Waals surface area contributed by atoms with Crippen molar-refractivity contribution in [3.63, 3.8) is 0 Å². The predicted molar refractivity (Wildman–Crippen MR) is 71.9 cm³/mol. The monoisotopic (exact) mass is 231 g/mol. The molecule has 0 bridgehead atoms. The lowest BCUT2D eigenvalue weighted by Gasteiger charge is -2.24. The van der Waals surface area contributed by atoms with E-state index in [2.05, 4.69) is 45.4 Å². The lowest BCUT2D eigenvalue weighted by Crippen LogP contribution is -2.16. The standard InChI is InChI=1S/C16H23O/c1-16(2,3)10-12-4-6-14-7-5-13(11-17)9-15(14)8-12/h4,6,8-9,13,17H,5,7,10-11H2,1-3H3. The third-order valence-electron chi connectivity index (χ3n) is 3.38. The number of fused-ring (bicyclic) bond motifs is 1. The molecule has 2 rings (SSSR count). The van der Waals surface area contributed by atoms with Crippen molar-refractivity contribution < 1.29 is 5.11 Å². The third kappa shape index (κ3) is 3.32. The van der Waals surface area contributed by atoms with Crippen molar-refractivity contribution in [3.05, 3.63) is 41.3 Å². The van der Waals surface area contributed by atoms with Crippen LogP contribution in [0.4, 0.5) is 0 Å². The number of aryl methyl sites for hydroxylation is 1. The summed E-state index contributed by atoms with van der Waals surface area (Å²) in [7, 11) is 0. The number of aliphatic hydroxyl groups excluding tert-OH is 1. The summed E-state index contributed by atoms with van der Waals surface area (Å²) >= 11 is 0. The second kappa shape index (κ2) is 4.81. The molecule has 0 aromatic heterocycles. The van der Waals surface area contributed by atoms with Crippen molar-refractivity contribution in [3.8, 4) is 0 Å². The molecule has 1 radical (unpaired) electrons. The highest BCUT2D eigenvalue weighted by atomic mass is 16.3. The fourth-order valence-electron chi connectivity index (χ4n) is 2.57. The van der Waals surface area contributed by atoms with Crippen molar-refractivity contribution in [2.24, 2.45) is 11.3 Å². The zero-order chi connectivity index (χ0) is 12.5. The van der Waals surface area contributed by atoms with Crippen LogP contribution >= 0.6 is 0 Å². The topological polar surface area (TPSA) is 20.2 Å². The van der Waals surface area contributed by atoms with Gasteiger partial charge in [0.15, 0.2) is 0 Å². The third-order valence-corrected chi connectivity index (χ3v) is 3.38. The first-order valence-electron chi connectivity index (χ1n) is 6.55. The molecule has 0 amide bonds. The second-order valence-electron chi connectivity index (χ2n) is 6.42. The van der Waals surface area contributed by atoms with Crippen LogP contribution in [0.3, 0.4) is 0 Å². The SMILES string of the molecule is CC(C)(C)Cc1ccc2c(c1)[CH]C(CO)CC2. The van der Waals surface area contributed by atoms with E-state index in [-0.39, 0.29) is 6.61 Å². The lowest BCUT2D eigenvalue weighted by atomic mass is 9.81. The van der Waals surface area contributed by atoms with Gasteiger partial charge in [-0.1, -0.05) is 39.0 Å². The minimum Gasteiger partial charge on any atom is -0.396 e. The second-order valence-corrected chi connectivity index (χ2v) is 6.42. The first kappa shape index (κ1) is 12.6. The molecule has 1 atom stereocenters. The Labute approximate surface area is 105 Å². The molecule has 0 saturated heterocycles. The molecule has 17 heavy (non-hydrogen) atoms. The summed E-state index contributed by atoms with van der Waals surface area (Å²) in [5.74, 6) is 0.354. The maximum absolute atomic E-state index is 9.24. The molecule has 0 fully saturated rings. The molecule has 0 saturated carbocycles. The quantitative estimate of drug-likeness (QED) is 0.827. The molecule has 0 heterocycles. The fraction of sp³-hybridized carbons (Fsp3) is 0.562. The van der Waals surface area contributed by atoms with Crippen LogP contribution < -0.4 is 0 Å². The van der Waals surface area contributed by atoms with E-state index in [4.69, 9.17) is 0 Å². The minimum atomic E-state index is 0.281. The van der Waals surface area contributed by atoms with Gasteiger partial charge in [0.2, 0.25) is 0 Å². The summed E-state index contributed by atoms with van der Waals surface area (Å²) in [6, 6.07) is 6.83.